The van der Waals surface area contributed by atoms with E-state index in [9.17, 15) is 4.79 Å². The van der Waals surface area contributed by atoms with Crippen LogP contribution in [0.4, 0.5) is 11.6 Å². The Bertz CT molecular complexity index is 948. The normalized spacial score (nSPS) is 14.9. The highest BCUT2D eigenvalue weighted by Crippen LogP contribution is 2.19. The molecule has 3 aromatic rings. The summed E-state index contributed by atoms with van der Waals surface area (Å²) in [5.41, 5.74) is 3.56. The van der Waals surface area contributed by atoms with E-state index in [1.54, 1.807) is 0 Å². The zero-order valence-corrected chi connectivity index (χ0v) is 15.3. The molecule has 2 heterocycles. The molecule has 1 fully saturated rings. The standard InChI is InChI=1S/C21H23N5O/c1-14-3-2-4-16-13-23-21(26-19(14)16)25-17-7-5-15(6-8-17)20(27)24-18-9-11-22-12-10-18/h2-8,13,18,22H,9-12H2,1H3,(H,24,27)(H,23,25,26). The van der Waals surface area contributed by atoms with E-state index < -0.39 is 0 Å². The fraction of sp³-hybridized carbons (Fsp3) is 0.286. The minimum Gasteiger partial charge on any atom is -0.349 e. The second-order valence-corrected chi connectivity index (χ2v) is 6.91. The maximum Gasteiger partial charge on any atom is 0.251 e. The molecule has 2 aromatic carbocycles. The fourth-order valence-corrected chi connectivity index (χ4v) is 3.33. The van der Waals surface area contributed by atoms with Gasteiger partial charge in [0.25, 0.3) is 5.91 Å². The third-order valence-corrected chi connectivity index (χ3v) is 4.89. The first-order valence-electron chi connectivity index (χ1n) is 9.30. The molecule has 0 atom stereocenters. The van der Waals surface area contributed by atoms with Crippen molar-refractivity contribution in [2.75, 3.05) is 18.4 Å². The summed E-state index contributed by atoms with van der Waals surface area (Å²) in [5, 5.41) is 10.6. The molecule has 0 unspecified atom stereocenters. The fourth-order valence-electron chi connectivity index (χ4n) is 3.33. The summed E-state index contributed by atoms with van der Waals surface area (Å²) < 4.78 is 0. The van der Waals surface area contributed by atoms with Crippen LogP contribution in [-0.2, 0) is 0 Å². The highest BCUT2D eigenvalue weighted by Gasteiger charge is 2.16. The van der Waals surface area contributed by atoms with Gasteiger partial charge in [-0.25, -0.2) is 9.97 Å². The predicted molar refractivity (Wildman–Crippen MR) is 107 cm³/mol. The van der Waals surface area contributed by atoms with Crippen LogP contribution in [0.1, 0.15) is 28.8 Å². The van der Waals surface area contributed by atoms with Gasteiger partial charge in [-0.1, -0.05) is 18.2 Å². The molecule has 0 radical (unpaired) electrons. The first-order chi connectivity index (χ1) is 13.2. The van der Waals surface area contributed by atoms with Crippen LogP contribution in [0.5, 0.6) is 0 Å². The molecule has 138 valence electrons. The number of rotatable bonds is 4. The lowest BCUT2D eigenvalue weighted by Gasteiger charge is -2.23. The van der Waals surface area contributed by atoms with E-state index >= 15 is 0 Å². The molecular formula is C21H23N5O. The first-order valence-corrected chi connectivity index (χ1v) is 9.30. The van der Waals surface area contributed by atoms with Crippen LogP contribution in [0.15, 0.2) is 48.7 Å². The lowest BCUT2D eigenvalue weighted by atomic mass is 10.1. The SMILES string of the molecule is Cc1cccc2cnc(Nc3ccc(C(=O)NC4CCNCC4)cc3)nc12. The van der Waals surface area contributed by atoms with Crippen molar-refractivity contribution in [3.8, 4) is 0 Å². The number of hydrogen-bond donors (Lipinski definition) is 3. The van der Waals surface area contributed by atoms with Crippen LogP contribution in [0, 0.1) is 6.92 Å². The van der Waals surface area contributed by atoms with Gasteiger partial charge in [-0.3, -0.25) is 4.79 Å². The van der Waals surface area contributed by atoms with Crippen LogP contribution >= 0.6 is 0 Å². The number of amides is 1. The van der Waals surface area contributed by atoms with Gasteiger partial charge in [-0.15, -0.1) is 0 Å². The number of nitrogens with zero attached hydrogens (tertiary/aromatic N) is 2. The minimum absolute atomic E-state index is 0.0222. The average molecular weight is 361 g/mol. The molecule has 1 saturated heterocycles. The molecule has 3 N–H and O–H groups in total. The number of benzene rings is 2. The van der Waals surface area contributed by atoms with Gasteiger partial charge in [0.05, 0.1) is 5.52 Å². The number of para-hydroxylation sites is 1. The lowest BCUT2D eigenvalue weighted by Crippen LogP contribution is -2.42. The van der Waals surface area contributed by atoms with Crippen molar-refractivity contribution in [3.63, 3.8) is 0 Å². The lowest BCUT2D eigenvalue weighted by molar-refractivity contribution is 0.0929. The van der Waals surface area contributed by atoms with E-state index in [4.69, 9.17) is 0 Å². The molecule has 0 saturated carbocycles. The maximum absolute atomic E-state index is 12.4. The van der Waals surface area contributed by atoms with Crippen LogP contribution in [0.25, 0.3) is 10.9 Å². The largest absolute Gasteiger partial charge is 0.349 e. The number of nitrogens with one attached hydrogen (secondary N) is 3. The molecule has 1 aromatic heterocycles. The van der Waals surface area contributed by atoms with Crippen molar-refractivity contribution in [2.24, 2.45) is 0 Å². The van der Waals surface area contributed by atoms with Gasteiger partial charge in [0.15, 0.2) is 0 Å². The van der Waals surface area contributed by atoms with Gasteiger partial charge in [0, 0.05) is 28.9 Å². The van der Waals surface area contributed by atoms with Gasteiger partial charge in [-0.05, 0) is 62.7 Å². The van der Waals surface area contributed by atoms with Gasteiger partial charge in [0.1, 0.15) is 0 Å². The number of fused-ring (bicyclic) bond motifs is 1. The van der Waals surface area contributed by atoms with Crippen molar-refractivity contribution in [1.82, 2.24) is 20.6 Å². The number of aryl methyl sites for hydroxylation is 1. The Kier molecular flexibility index (Phi) is 4.98. The Morgan fingerprint density at radius 1 is 1.11 bits per heavy atom. The quantitative estimate of drug-likeness (QED) is 0.665. The number of hydrogen-bond acceptors (Lipinski definition) is 5. The third kappa shape index (κ3) is 4.06. The van der Waals surface area contributed by atoms with E-state index in [2.05, 4.69) is 25.9 Å². The van der Waals surface area contributed by atoms with Crippen molar-refractivity contribution < 1.29 is 4.79 Å². The van der Waals surface area contributed by atoms with Crippen LogP contribution in [0.3, 0.4) is 0 Å². The van der Waals surface area contributed by atoms with Crippen LogP contribution in [-0.4, -0.2) is 35.0 Å². The Labute approximate surface area is 158 Å². The summed E-state index contributed by atoms with van der Waals surface area (Å²) in [6, 6.07) is 13.7. The Hall–Kier alpha value is -2.99. The highest BCUT2D eigenvalue weighted by atomic mass is 16.1. The number of aromatic nitrogens is 2. The molecule has 4 rings (SSSR count). The predicted octanol–water partition coefficient (Wildman–Crippen LogP) is 3.16. The van der Waals surface area contributed by atoms with Gasteiger partial charge in [0.2, 0.25) is 5.95 Å². The Balaban J connectivity index is 1.44. The zero-order chi connectivity index (χ0) is 18.6. The summed E-state index contributed by atoms with van der Waals surface area (Å²) in [5.74, 6) is 0.523. The summed E-state index contributed by atoms with van der Waals surface area (Å²) in [6.07, 6.45) is 3.77. The molecule has 1 aliphatic heterocycles. The van der Waals surface area contributed by atoms with Gasteiger partial charge < -0.3 is 16.0 Å². The van der Waals surface area contributed by atoms with E-state index in [0.717, 1.165) is 48.1 Å². The zero-order valence-electron chi connectivity index (χ0n) is 15.3. The van der Waals surface area contributed by atoms with E-state index in [-0.39, 0.29) is 11.9 Å². The highest BCUT2D eigenvalue weighted by molar-refractivity contribution is 5.94. The Morgan fingerprint density at radius 2 is 1.89 bits per heavy atom. The summed E-state index contributed by atoms with van der Waals surface area (Å²) >= 11 is 0. The summed E-state index contributed by atoms with van der Waals surface area (Å²) in [4.78, 5) is 21.4. The third-order valence-electron chi connectivity index (χ3n) is 4.89. The van der Waals surface area contributed by atoms with Crippen LogP contribution in [0.2, 0.25) is 0 Å². The van der Waals surface area contributed by atoms with E-state index in [0.29, 0.717) is 11.5 Å². The number of carbonyl (C=O) groups excluding carboxylic acids is 1. The maximum atomic E-state index is 12.4. The van der Waals surface area contributed by atoms with E-state index in [1.807, 2.05) is 55.6 Å². The molecule has 27 heavy (non-hydrogen) atoms. The summed E-state index contributed by atoms with van der Waals surface area (Å²) in [7, 11) is 0. The molecule has 0 spiro atoms. The second kappa shape index (κ2) is 7.72. The van der Waals surface area contributed by atoms with Crippen molar-refractivity contribution >= 4 is 28.4 Å². The monoisotopic (exact) mass is 361 g/mol. The van der Waals surface area contributed by atoms with Crippen molar-refractivity contribution in [2.45, 2.75) is 25.8 Å². The smallest absolute Gasteiger partial charge is 0.251 e. The molecule has 1 aliphatic rings. The molecular weight excluding hydrogens is 338 g/mol. The molecule has 6 heteroatoms. The van der Waals surface area contributed by atoms with E-state index in [1.165, 1.54) is 0 Å². The first kappa shape index (κ1) is 17.4. The number of carbonyl (C=O) groups is 1. The second-order valence-electron chi connectivity index (χ2n) is 6.91. The van der Waals surface area contributed by atoms with Crippen molar-refractivity contribution in [1.29, 1.82) is 0 Å². The minimum atomic E-state index is -0.0222. The average Bonchev–Trinajstić information content (AvgIpc) is 2.70. The van der Waals surface area contributed by atoms with Crippen molar-refractivity contribution in [3.05, 3.63) is 59.8 Å². The Morgan fingerprint density at radius 3 is 2.67 bits per heavy atom. The summed E-state index contributed by atoms with van der Waals surface area (Å²) in [6.45, 7) is 3.95. The van der Waals surface area contributed by atoms with Gasteiger partial charge in [-0.2, -0.15) is 0 Å². The molecule has 0 bridgehead atoms. The number of piperidine rings is 1. The molecule has 1 amide bonds. The van der Waals surface area contributed by atoms with Crippen LogP contribution < -0.4 is 16.0 Å². The topological polar surface area (TPSA) is 78.9 Å². The number of anilines is 2. The molecule has 6 nitrogen and oxygen atoms in total. The van der Waals surface area contributed by atoms with Gasteiger partial charge >= 0.3 is 0 Å². The molecule has 0 aliphatic carbocycles.